The van der Waals surface area contributed by atoms with E-state index in [1.54, 1.807) is 0 Å². The summed E-state index contributed by atoms with van der Waals surface area (Å²) in [6.07, 6.45) is 5.87. The number of nitrogens with zero attached hydrogens (tertiary/aromatic N) is 2. The fourth-order valence-electron chi connectivity index (χ4n) is 3.62. The number of anilines is 1. The van der Waals surface area contributed by atoms with Gasteiger partial charge in [0.15, 0.2) is 0 Å². The van der Waals surface area contributed by atoms with Gasteiger partial charge in [-0.25, -0.2) is 0 Å². The average Bonchev–Trinajstić information content (AvgIpc) is 2.72. The second-order valence-corrected chi connectivity index (χ2v) is 6.91. The topological polar surface area (TPSA) is 45.2 Å². The van der Waals surface area contributed by atoms with Crippen LogP contribution in [0.25, 0.3) is 10.8 Å². The zero-order valence-electron chi connectivity index (χ0n) is 14.8. The van der Waals surface area contributed by atoms with Crippen molar-refractivity contribution in [3.8, 4) is 0 Å². The minimum absolute atomic E-state index is 0.0207. The largest absolute Gasteiger partial charge is 0.371 e. The number of nitrogens with one attached hydrogen (secondary N) is 1. The second-order valence-electron chi connectivity index (χ2n) is 6.91. The van der Waals surface area contributed by atoms with Gasteiger partial charge in [0.25, 0.3) is 5.91 Å². The third-order valence-corrected chi connectivity index (χ3v) is 5.21. The Bertz CT molecular complexity index is 886. The molecule has 4 nitrogen and oxygen atoms in total. The van der Waals surface area contributed by atoms with E-state index in [9.17, 15) is 4.79 Å². The van der Waals surface area contributed by atoms with Crippen molar-refractivity contribution in [2.45, 2.75) is 12.8 Å². The normalized spacial score (nSPS) is 15.2. The number of aromatic nitrogens is 1. The number of hydrogen-bond donors (Lipinski definition) is 1. The predicted octanol–water partition coefficient (Wildman–Crippen LogP) is 3.88. The Balaban J connectivity index is 1.31. The van der Waals surface area contributed by atoms with Crippen LogP contribution in [0, 0.1) is 5.92 Å². The number of carbonyl (C=O) groups excluding carboxylic acids is 1. The van der Waals surface area contributed by atoms with Crippen molar-refractivity contribution in [3.63, 3.8) is 0 Å². The minimum Gasteiger partial charge on any atom is -0.371 e. The number of piperidine rings is 1. The summed E-state index contributed by atoms with van der Waals surface area (Å²) in [6.45, 7) is 2.80. The molecule has 0 radical (unpaired) electrons. The standard InChI is InChI=1S/C22H23N3O/c26-22(20-6-5-18-3-1-2-4-19(18)15-20)24-16-17-9-13-25(14-10-17)21-7-11-23-12-8-21/h1-8,11-12,15,17H,9-10,13-14,16H2,(H,24,26). The molecule has 0 spiro atoms. The first-order chi connectivity index (χ1) is 12.8. The van der Waals surface area contributed by atoms with Crippen LogP contribution in [0.2, 0.25) is 0 Å². The lowest BCUT2D eigenvalue weighted by molar-refractivity contribution is 0.0945. The summed E-state index contributed by atoms with van der Waals surface area (Å²) in [5, 5.41) is 5.38. The van der Waals surface area contributed by atoms with E-state index in [0.717, 1.165) is 48.8 Å². The number of pyridine rings is 1. The molecule has 1 aliphatic heterocycles. The van der Waals surface area contributed by atoms with E-state index in [2.05, 4.69) is 33.4 Å². The van der Waals surface area contributed by atoms with Crippen molar-refractivity contribution in [1.82, 2.24) is 10.3 Å². The Hall–Kier alpha value is -2.88. The Morgan fingerprint density at radius 2 is 1.73 bits per heavy atom. The van der Waals surface area contributed by atoms with E-state index in [1.165, 1.54) is 5.69 Å². The molecule has 4 rings (SSSR count). The summed E-state index contributed by atoms with van der Waals surface area (Å²) in [5.74, 6) is 0.560. The molecule has 1 aromatic heterocycles. The second kappa shape index (κ2) is 7.56. The van der Waals surface area contributed by atoms with Gasteiger partial charge >= 0.3 is 0 Å². The quantitative estimate of drug-likeness (QED) is 0.780. The molecular formula is C22H23N3O. The van der Waals surface area contributed by atoms with Gasteiger partial charge in [-0.05, 0) is 53.8 Å². The first-order valence-corrected chi connectivity index (χ1v) is 9.21. The summed E-state index contributed by atoms with van der Waals surface area (Å²) in [5.41, 5.74) is 1.97. The van der Waals surface area contributed by atoms with Crippen LogP contribution in [-0.2, 0) is 0 Å². The van der Waals surface area contributed by atoms with Gasteiger partial charge in [0.05, 0.1) is 0 Å². The Labute approximate surface area is 153 Å². The molecule has 3 aromatic rings. The van der Waals surface area contributed by atoms with Gasteiger partial charge < -0.3 is 10.2 Å². The molecule has 26 heavy (non-hydrogen) atoms. The van der Waals surface area contributed by atoms with Gasteiger partial charge in [0.2, 0.25) is 0 Å². The lowest BCUT2D eigenvalue weighted by Gasteiger charge is -2.33. The van der Waals surface area contributed by atoms with Gasteiger partial charge in [-0.2, -0.15) is 0 Å². The van der Waals surface area contributed by atoms with Crippen LogP contribution in [-0.4, -0.2) is 30.5 Å². The zero-order valence-corrected chi connectivity index (χ0v) is 14.8. The highest BCUT2D eigenvalue weighted by Gasteiger charge is 2.20. The van der Waals surface area contributed by atoms with E-state index in [0.29, 0.717) is 5.92 Å². The number of benzene rings is 2. The van der Waals surface area contributed by atoms with Gasteiger partial charge in [-0.1, -0.05) is 30.3 Å². The third kappa shape index (κ3) is 3.69. The average molecular weight is 345 g/mol. The molecule has 2 aromatic carbocycles. The lowest BCUT2D eigenvalue weighted by Crippen LogP contribution is -2.38. The van der Waals surface area contributed by atoms with Gasteiger partial charge in [-0.15, -0.1) is 0 Å². The molecule has 1 fully saturated rings. The van der Waals surface area contributed by atoms with Crippen LogP contribution < -0.4 is 10.2 Å². The van der Waals surface area contributed by atoms with E-state index in [4.69, 9.17) is 0 Å². The van der Waals surface area contributed by atoms with Gasteiger partial charge in [0, 0.05) is 43.3 Å². The molecule has 1 N–H and O–H groups in total. The maximum atomic E-state index is 12.5. The minimum atomic E-state index is 0.0207. The third-order valence-electron chi connectivity index (χ3n) is 5.21. The van der Waals surface area contributed by atoms with Crippen molar-refractivity contribution in [1.29, 1.82) is 0 Å². The van der Waals surface area contributed by atoms with Crippen LogP contribution in [0.4, 0.5) is 5.69 Å². The summed E-state index contributed by atoms with van der Waals surface area (Å²) in [6, 6.07) is 18.1. The smallest absolute Gasteiger partial charge is 0.251 e. The Morgan fingerprint density at radius 1 is 1.00 bits per heavy atom. The molecule has 2 heterocycles. The zero-order chi connectivity index (χ0) is 17.8. The number of fused-ring (bicyclic) bond motifs is 1. The summed E-state index contributed by atoms with van der Waals surface area (Å²) in [4.78, 5) is 19.0. The summed E-state index contributed by atoms with van der Waals surface area (Å²) < 4.78 is 0. The van der Waals surface area contributed by atoms with E-state index < -0.39 is 0 Å². The molecule has 1 amide bonds. The Kier molecular flexibility index (Phi) is 4.82. The fraction of sp³-hybridized carbons (Fsp3) is 0.273. The highest BCUT2D eigenvalue weighted by molar-refractivity contribution is 5.98. The molecule has 1 aliphatic rings. The monoisotopic (exact) mass is 345 g/mol. The maximum absolute atomic E-state index is 12.5. The van der Waals surface area contributed by atoms with Crippen molar-refractivity contribution in [2.24, 2.45) is 5.92 Å². The van der Waals surface area contributed by atoms with E-state index >= 15 is 0 Å². The van der Waals surface area contributed by atoms with Crippen molar-refractivity contribution in [3.05, 3.63) is 72.6 Å². The van der Waals surface area contributed by atoms with Crippen molar-refractivity contribution >= 4 is 22.4 Å². The predicted molar refractivity (Wildman–Crippen MR) is 105 cm³/mol. The van der Waals surface area contributed by atoms with Gasteiger partial charge in [0.1, 0.15) is 0 Å². The molecule has 0 saturated carbocycles. The Morgan fingerprint density at radius 3 is 2.50 bits per heavy atom. The van der Waals surface area contributed by atoms with E-state index in [-0.39, 0.29) is 5.91 Å². The highest BCUT2D eigenvalue weighted by Crippen LogP contribution is 2.22. The SMILES string of the molecule is O=C(NCC1CCN(c2ccncc2)CC1)c1ccc2ccccc2c1. The van der Waals surface area contributed by atoms with Crippen molar-refractivity contribution < 1.29 is 4.79 Å². The first-order valence-electron chi connectivity index (χ1n) is 9.21. The summed E-state index contributed by atoms with van der Waals surface area (Å²) in [7, 11) is 0. The highest BCUT2D eigenvalue weighted by atomic mass is 16.1. The number of carbonyl (C=O) groups is 1. The van der Waals surface area contributed by atoms with Crippen LogP contribution >= 0.6 is 0 Å². The number of amides is 1. The van der Waals surface area contributed by atoms with Crippen LogP contribution in [0.15, 0.2) is 67.0 Å². The lowest BCUT2D eigenvalue weighted by atomic mass is 9.96. The molecular weight excluding hydrogens is 322 g/mol. The van der Waals surface area contributed by atoms with Crippen LogP contribution in [0.3, 0.4) is 0 Å². The first kappa shape index (κ1) is 16.6. The van der Waals surface area contributed by atoms with Crippen molar-refractivity contribution in [2.75, 3.05) is 24.5 Å². The molecule has 4 heteroatoms. The van der Waals surface area contributed by atoms with Crippen LogP contribution in [0.1, 0.15) is 23.2 Å². The molecule has 0 atom stereocenters. The number of hydrogen-bond acceptors (Lipinski definition) is 3. The fourth-order valence-corrected chi connectivity index (χ4v) is 3.62. The molecule has 132 valence electrons. The maximum Gasteiger partial charge on any atom is 0.251 e. The number of rotatable bonds is 4. The molecule has 1 saturated heterocycles. The van der Waals surface area contributed by atoms with Gasteiger partial charge in [-0.3, -0.25) is 9.78 Å². The van der Waals surface area contributed by atoms with E-state index in [1.807, 2.05) is 48.8 Å². The molecule has 0 unspecified atom stereocenters. The van der Waals surface area contributed by atoms with Crippen LogP contribution in [0.5, 0.6) is 0 Å². The summed E-state index contributed by atoms with van der Waals surface area (Å²) >= 11 is 0. The molecule has 0 bridgehead atoms. The molecule has 0 aliphatic carbocycles.